The minimum Gasteiger partial charge on any atom is -0.299 e. The topological polar surface area (TPSA) is 37.8 Å². The summed E-state index contributed by atoms with van der Waals surface area (Å²) in [5.74, 6) is 0.567. The van der Waals surface area contributed by atoms with E-state index in [0.717, 1.165) is 30.5 Å². The van der Waals surface area contributed by atoms with Crippen molar-refractivity contribution in [2.45, 2.75) is 66.3 Å². The van der Waals surface area contributed by atoms with Crippen molar-refractivity contribution in [3.63, 3.8) is 0 Å². The lowest BCUT2D eigenvalue weighted by molar-refractivity contribution is 0.342. The molecule has 0 aliphatic carbocycles. The molecule has 3 heteroatoms. The van der Waals surface area contributed by atoms with Gasteiger partial charge in [0, 0.05) is 11.3 Å². The summed E-state index contributed by atoms with van der Waals surface area (Å²) in [4.78, 5) is 12.3. The molecule has 3 nitrogen and oxygen atoms in total. The van der Waals surface area contributed by atoms with E-state index in [4.69, 9.17) is 0 Å². The summed E-state index contributed by atoms with van der Waals surface area (Å²) in [5, 5.41) is 3.31. The summed E-state index contributed by atoms with van der Waals surface area (Å²) in [5.41, 5.74) is 2.10. The molecule has 0 aromatic carbocycles. The van der Waals surface area contributed by atoms with Crippen LogP contribution >= 0.6 is 0 Å². The van der Waals surface area contributed by atoms with Crippen LogP contribution in [0.3, 0.4) is 0 Å². The maximum atomic E-state index is 12.3. The predicted molar refractivity (Wildman–Crippen MR) is 72.6 cm³/mol. The Morgan fingerprint density at radius 2 is 1.88 bits per heavy atom. The van der Waals surface area contributed by atoms with E-state index in [1.807, 2.05) is 0 Å². The van der Waals surface area contributed by atoms with Gasteiger partial charge in [-0.25, -0.2) is 4.68 Å². The fraction of sp³-hybridized carbons (Fsp3) is 0.786. The van der Waals surface area contributed by atoms with Crippen molar-refractivity contribution in [3.8, 4) is 0 Å². The standard InChI is InChI=1S/C14H26N2O/c1-7-8-11-12(9-10(2)3)15-16(13(11)17)14(4,5)6/h10,15H,7-9H2,1-6H3. The Balaban J connectivity index is 3.25. The van der Waals surface area contributed by atoms with E-state index in [-0.39, 0.29) is 11.1 Å². The molecule has 0 fully saturated rings. The fourth-order valence-corrected chi connectivity index (χ4v) is 2.07. The SMILES string of the molecule is CCCc1c(CC(C)C)[nH]n(C(C)(C)C)c1=O. The minimum absolute atomic E-state index is 0.162. The molecule has 1 rings (SSSR count). The molecular formula is C14H26N2O. The number of aromatic nitrogens is 2. The van der Waals surface area contributed by atoms with E-state index in [9.17, 15) is 4.79 Å². The molecule has 1 aromatic rings. The van der Waals surface area contributed by atoms with Crippen LogP contribution in [0.25, 0.3) is 0 Å². The Kier molecular flexibility index (Phi) is 4.23. The molecule has 0 amide bonds. The van der Waals surface area contributed by atoms with Gasteiger partial charge in [0.1, 0.15) is 0 Å². The van der Waals surface area contributed by atoms with Crippen LogP contribution in [0.2, 0.25) is 0 Å². The van der Waals surface area contributed by atoms with Gasteiger partial charge in [-0.2, -0.15) is 0 Å². The number of hydrogen-bond donors (Lipinski definition) is 1. The van der Waals surface area contributed by atoms with E-state index < -0.39 is 0 Å². The van der Waals surface area contributed by atoms with Gasteiger partial charge in [-0.05, 0) is 39.5 Å². The summed E-state index contributed by atoms with van der Waals surface area (Å²) in [6.45, 7) is 12.7. The summed E-state index contributed by atoms with van der Waals surface area (Å²) < 4.78 is 1.77. The zero-order valence-electron chi connectivity index (χ0n) is 12.1. The predicted octanol–water partition coefficient (Wildman–Crippen LogP) is 3.08. The maximum Gasteiger partial charge on any atom is 0.270 e. The molecule has 0 aliphatic heterocycles. The summed E-state index contributed by atoms with van der Waals surface area (Å²) >= 11 is 0. The first-order valence-corrected chi connectivity index (χ1v) is 6.60. The van der Waals surface area contributed by atoms with Crippen LogP contribution in [0.5, 0.6) is 0 Å². The third-order valence-corrected chi connectivity index (χ3v) is 2.86. The maximum absolute atomic E-state index is 12.3. The van der Waals surface area contributed by atoms with E-state index in [1.165, 1.54) is 0 Å². The third-order valence-electron chi connectivity index (χ3n) is 2.86. The highest BCUT2D eigenvalue weighted by Crippen LogP contribution is 2.15. The van der Waals surface area contributed by atoms with Crippen LogP contribution < -0.4 is 5.56 Å². The first kappa shape index (κ1) is 14.1. The number of hydrogen-bond acceptors (Lipinski definition) is 1. The minimum atomic E-state index is -0.172. The lowest BCUT2D eigenvalue weighted by atomic mass is 10.0. The number of rotatable bonds is 4. The largest absolute Gasteiger partial charge is 0.299 e. The lowest BCUT2D eigenvalue weighted by Gasteiger charge is -2.19. The molecule has 0 aliphatic rings. The van der Waals surface area contributed by atoms with Crippen molar-refractivity contribution >= 4 is 0 Å². The summed E-state index contributed by atoms with van der Waals surface area (Å²) in [7, 11) is 0. The molecule has 0 spiro atoms. The van der Waals surface area contributed by atoms with Gasteiger partial charge >= 0.3 is 0 Å². The summed E-state index contributed by atoms with van der Waals surface area (Å²) in [6.07, 6.45) is 2.84. The average Bonchev–Trinajstić information content (AvgIpc) is 2.45. The number of H-pyrrole nitrogens is 1. The Morgan fingerprint density at radius 1 is 1.29 bits per heavy atom. The van der Waals surface area contributed by atoms with Gasteiger partial charge in [0.2, 0.25) is 0 Å². The molecule has 0 radical (unpaired) electrons. The van der Waals surface area contributed by atoms with E-state index in [0.29, 0.717) is 5.92 Å². The second kappa shape index (κ2) is 5.11. The van der Waals surface area contributed by atoms with Gasteiger partial charge in [-0.15, -0.1) is 0 Å². The van der Waals surface area contributed by atoms with Gasteiger partial charge in [0.25, 0.3) is 5.56 Å². The number of aromatic amines is 1. The Labute approximate surface area is 104 Å². The number of nitrogens with zero attached hydrogens (tertiary/aromatic N) is 1. The quantitative estimate of drug-likeness (QED) is 0.860. The average molecular weight is 238 g/mol. The van der Waals surface area contributed by atoms with E-state index in [2.05, 4.69) is 46.6 Å². The molecule has 0 atom stereocenters. The third kappa shape index (κ3) is 3.24. The fourth-order valence-electron chi connectivity index (χ4n) is 2.07. The van der Waals surface area contributed by atoms with Crippen molar-refractivity contribution in [3.05, 3.63) is 21.6 Å². The highest BCUT2D eigenvalue weighted by atomic mass is 16.1. The van der Waals surface area contributed by atoms with Gasteiger partial charge in [0.05, 0.1) is 5.54 Å². The Bertz CT molecular complexity index is 418. The Hall–Kier alpha value is -0.990. The Morgan fingerprint density at radius 3 is 2.29 bits per heavy atom. The van der Waals surface area contributed by atoms with E-state index in [1.54, 1.807) is 4.68 Å². The van der Waals surface area contributed by atoms with Gasteiger partial charge in [-0.1, -0.05) is 27.2 Å². The smallest absolute Gasteiger partial charge is 0.270 e. The van der Waals surface area contributed by atoms with Crippen molar-refractivity contribution in [2.75, 3.05) is 0 Å². The van der Waals surface area contributed by atoms with Crippen LogP contribution in [0, 0.1) is 5.92 Å². The zero-order valence-corrected chi connectivity index (χ0v) is 12.1. The zero-order chi connectivity index (χ0) is 13.2. The monoisotopic (exact) mass is 238 g/mol. The first-order valence-electron chi connectivity index (χ1n) is 6.60. The van der Waals surface area contributed by atoms with E-state index >= 15 is 0 Å². The number of nitrogens with one attached hydrogen (secondary N) is 1. The van der Waals surface area contributed by atoms with Crippen LogP contribution in [0.1, 0.15) is 59.2 Å². The molecule has 0 saturated heterocycles. The van der Waals surface area contributed by atoms with Crippen molar-refractivity contribution in [1.29, 1.82) is 0 Å². The molecule has 0 saturated carbocycles. The first-order chi connectivity index (χ1) is 7.77. The van der Waals surface area contributed by atoms with Crippen molar-refractivity contribution in [2.24, 2.45) is 5.92 Å². The molecule has 0 unspecified atom stereocenters. The van der Waals surface area contributed by atoms with Gasteiger partial charge < -0.3 is 0 Å². The molecule has 17 heavy (non-hydrogen) atoms. The lowest BCUT2D eigenvalue weighted by Crippen LogP contribution is -2.33. The molecule has 1 N–H and O–H groups in total. The normalized spacial score (nSPS) is 12.4. The van der Waals surface area contributed by atoms with Crippen molar-refractivity contribution < 1.29 is 0 Å². The molecule has 1 aromatic heterocycles. The molecule has 1 heterocycles. The molecule has 98 valence electrons. The second-order valence-electron chi connectivity index (χ2n) is 6.23. The van der Waals surface area contributed by atoms with Crippen molar-refractivity contribution in [1.82, 2.24) is 9.78 Å². The summed E-state index contributed by atoms with van der Waals surface area (Å²) in [6, 6.07) is 0. The highest BCUT2D eigenvalue weighted by molar-refractivity contribution is 5.19. The highest BCUT2D eigenvalue weighted by Gasteiger charge is 2.21. The van der Waals surface area contributed by atoms with Crippen LogP contribution in [-0.4, -0.2) is 9.78 Å². The molecular weight excluding hydrogens is 212 g/mol. The second-order valence-corrected chi connectivity index (χ2v) is 6.23. The van der Waals surface area contributed by atoms with Gasteiger partial charge in [-0.3, -0.25) is 9.89 Å². The van der Waals surface area contributed by atoms with Gasteiger partial charge in [0.15, 0.2) is 0 Å². The molecule has 0 bridgehead atoms. The van der Waals surface area contributed by atoms with Crippen LogP contribution in [0.15, 0.2) is 4.79 Å². The van der Waals surface area contributed by atoms with Crippen LogP contribution in [0.4, 0.5) is 0 Å². The van der Waals surface area contributed by atoms with Crippen LogP contribution in [-0.2, 0) is 18.4 Å².